The Bertz CT molecular complexity index is 674. The van der Waals surface area contributed by atoms with Crippen molar-refractivity contribution < 1.29 is 13.2 Å². The molecular weight excluding hydrogens is 393 g/mol. The van der Waals surface area contributed by atoms with Crippen LogP contribution in [0.25, 0.3) is 10.6 Å². The van der Waals surface area contributed by atoms with Crippen molar-refractivity contribution in [3.8, 4) is 10.6 Å². The number of piperazine rings is 1. The smallest absolute Gasteiger partial charge is 0.251 e. The van der Waals surface area contributed by atoms with Gasteiger partial charge in [-0.15, -0.1) is 10.2 Å². The van der Waals surface area contributed by atoms with Gasteiger partial charge in [-0.1, -0.05) is 27.3 Å². The molecule has 3 rings (SSSR count). The van der Waals surface area contributed by atoms with Crippen LogP contribution in [0.15, 0.2) is 22.7 Å². The van der Waals surface area contributed by atoms with Gasteiger partial charge in [-0.2, -0.15) is 0 Å². The first kappa shape index (κ1) is 16.7. The Morgan fingerprint density at radius 1 is 1.17 bits per heavy atom. The lowest BCUT2D eigenvalue weighted by atomic mass is 10.2. The fraction of sp³-hybridized carbons (Fsp3) is 0.429. The van der Waals surface area contributed by atoms with Crippen molar-refractivity contribution in [2.45, 2.75) is 6.43 Å². The van der Waals surface area contributed by atoms with Crippen molar-refractivity contribution >= 4 is 32.4 Å². The Kier molecular flexibility index (Phi) is 5.17. The van der Waals surface area contributed by atoms with Crippen LogP contribution in [0.4, 0.5) is 18.3 Å². The van der Waals surface area contributed by atoms with E-state index in [4.69, 9.17) is 0 Å². The van der Waals surface area contributed by atoms with Gasteiger partial charge in [0.2, 0.25) is 5.13 Å². The molecule has 4 nitrogen and oxygen atoms in total. The Balaban J connectivity index is 1.70. The zero-order valence-corrected chi connectivity index (χ0v) is 14.5. The second-order valence-corrected chi connectivity index (χ2v) is 7.06. The summed E-state index contributed by atoms with van der Waals surface area (Å²) in [5, 5.41) is 9.38. The zero-order valence-electron chi connectivity index (χ0n) is 12.1. The number of anilines is 1. The SMILES string of the molecule is Fc1ccc(Br)cc1-c1nnc(N2CCN(CC(F)F)CC2)s1. The first-order valence-corrected chi connectivity index (χ1v) is 8.68. The third-order valence-corrected chi connectivity index (χ3v) is 5.12. The molecule has 0 amide bonds. The van der Waals surface area contributed by atoms with E-state index in [1.54, 1.807) is 17.0 Å². The Hall–Kier alpha value is -1.19. The third-order valence-electron chi connectivity index (χ3n) is 3.61. The highest BCUT2D eigenvalue weighted by atomic mass is 79.9. The highest BCUT2D eigenvalue weighted by Gasteiger charge is 2.22. The van der Waals surface area contributed by atoms with Crippen LogP contribution in [0.1, 0.15) is 0 Å². The molecule has 0 aliphatic carbocycles. The van der Waals surface area contributed by atoms with Crippen molar-refractivity contribution in [1.29, 1.82) is 0 Å². The lowest BCUT2D eigenvalue weighted by Gasteiger charge is -2.33. The second kappa shape index (κ2) is 7.14. The predicted octanol–water partition coefficient (Wildman–Crippen LogP) is 3.49. The number of benzene rings is 1. The van der Waals surface area contributed by atoms with Gasteiger partial charge in [0, 0.05) is 36.2 Å². The van der Waals surface area contributed by atoms with Gasteiger partial charge in [-0.3, -0.25) is 4.90 Å². The molecule has 1 aromatic carbocycles. The number of nitrogens with zero attached hydrogens (tertiary/aromatic N) is 4. The lowest BCUT2D eigenvalue weighted by Crippen LogP contribution is -2.47. The number of rotatable bonds is 4. The molecule has 0 saturated carbocycles. The number of halogens is 4. The van der Waals surface area contributed by atoms with Crippen LogP contribution in [-0.4, -0.2) is 54.2 Å². The number of hydrogen-bond acceptors (Lipinski definition) is 5. The van der Waals surface area contributed by atoms with Crippen LogP contribution in [-0.2, 0) is 0 Å². The van der Waals surface area contributed by atoms with Crippen LogP contribution < -0.4 is 4.90 Å². The number of hydrogen-bond donors (Lipinski definition) is 0. The Morgan fingerprint density at radius 2 is 1.91 bits per heavy atom. The van der Waals surface area contributed by atoms with Gasteiger partial charge in [0.05, 0.1) is 6.54 Å². The van der Waals surface area contributed by atoms with Crippen molar-refractivity contribution in [3.05, 3.63) is 28.5 Å². The molecule has 0 unspecified atom stereocenters. The van der Waals surface area contributed by atoms with Crippen LogP contribution in [0.5, 0.6) is 0 Å². The minimum Gasteiger partial charge on any atom is -0.344 e. The molecule has 0 N–H and O–H groups in total. The summed E-state index contributed by atoms with van der Waals surface area (Å²) in [6, 6.07) is 4.67. The summed E-state index contributed by atoms with van der Waals surface area (Å²) in [5.74, 6) is -0.349. The zero-order chi connectivity index (χ0) is 16.4. The Morgan fingerprint density at radius 3 is 2.61 bits per heavy atom. The molecule has 23 heavy (non-hydrogen) atoms. The average Bonchev–Trinajstić information content (AvgIpc) is 2.99. The highest BCUT2D eigenvalue weighted by molar-refractivity contribution is 9.10. The van der Waals surface area contributed by atoms with Crippen LogP contribution in [0, 0.1) is 5.82 Å². The molecule has 2 heterocycles. The van der Waals surface area contributed by atoms with Gasteiger partial charge in [0.15, 0.2) is 5.01 Å². The monoisotopic (exact) mass is 406 g/mol. The van der Waals surface area contributed by atoms with E-state index in [0.717, 1.165) is 4.47 Å². The van der Waals surface area contributed by atoms with Gasteiger partial charge in [-0.25, -0.2) is 13.2 Å². The summed E-state index contributed by atoms with van der Waals surface area (Å²) >= 11 is 4.62. The summed E-state index contributed by atoms with van der Waals surface area (Å²) < 4.78 is 39.4. The normalized spacial score (nSPS) is 16.3. The first-order chi connectivity index (χ1) is 11.0. The summed E-state index contributed by atoms with van der Waals surface area (Å²) in [4.78, 5) is 3.73. The van der Waals surface area contributed by atoms with Gasteiger partial charge in [0.1, 0.15) is 5.82 Å². The van der Waals surface area contributed by atoms with Crippen molar-refractivity contribution in [1.82, 2.24) is 15.1 Å². The van der Waals surface area contributed by atoms with Crippen LogP contribution >= 0.6 is 27.3 Å². The Labute approximate surface area is 144 Å². The van der Waals surface area contributed by atoms with E-state index in [1.807, 2.05) is 4.90 Å². The molecule has 0 atom stereocenters. The topological polar surface area (TPSA) is 32.3 Å². The lowest BCUT2D eigenvalue weighted by molar-refractivity contribution is 0.0854. The minimum absolute atomic E-state index is 0.196. The molecule has 0 bridgehead atoms. The predicted molar refractivity (Wildman–Crippen MR) is 87.7 cm³/mol. The summed E-state index contributed by atoms with van der Waals surface area (Å²) in [5.41, 5.74) is 0.402. The molecule has 2 aromatic rings. The van der Waals surface area contributed by atoms with Crippen LogP contribution in [0.2, 0.25) is 0 Å². The molecule has 1 saturated heterocycles. The first-order valence-electron chi connectivity index (χ1n) is 7.07. The second-order valence-electron chi connectivity index (χ2n) is 5.19. The maximum Gasteiger partial charge on any atom is 0.251 e. The van der Waals surface area contributed by atoms with E-state index >= 15 is 0 Å². The maximum atomic E-state index is 13.9. The van der Waals surface area contributed by atoms with Crippen molar-refractivity contribution in [2.24, 2.45) is 0 Å². The minimum atomic E-state index is -2.31. The largest absolute Gasteiger partial charge is 0.344 e. The van der Waals surface area contributed by atoms with E-state index in [1.165, 1.54) is 17.4 Å². The number of alkyl halides is 2. The summed E-state index contributed by atoms with van der Waals surface area (Å²) in [6.45, 7) is 2.15. The van der Waals surface area contributed by atoms with Gasteiger partial charge in [0.25, 0.3) is 6.43 Å². The quantitative estimate of drug-likeness (QED) is 0.777. The van der Waals surface area contributed by atoms with E-state index < -0.39 is 6.43 Å². The van der Waals surface area contributed by atoms with E-state index in [2.05, 4.69) is 26.1 Å². The molecule has 1 aromatic heterocycles. The summed E-state index contributed by atoms with van der Waals surface area (Å²) in [6.07, 6.45) is -2.31. The molecule has 9 heteroatoms. The molecular formula is C14H14BrF3N4S. The van der Waals surface area contributed by atoms with E-state index in [9.17, 15) is 13.2 Å². The standard InChI is InChI=1S/C14H14BrF3N4S/c15-9-1-2-11(16)10(7-9)13-19-20-14(23-13)22-5-3-21(4-6-22)8-12(17)18/h1-2,7,12H,3-6,8H2. The third kappa shape index (κ3) is 4.02. The fourth-order valence-electron chi connectivity index (χ4n) is 2.43. The molecule has 1 aliphatic rings. The molecule has 1 fully saturated rings. The maximum absolute atomic E-state index is 13.9. The molecule has 0 radical (unpaired) electrons. The van der Waals surface area contributed by atoms with Crippen molar-refractivity contribution in [3.63, 3.8) is 0 Å². The summed E-state index contributed by atoms with van der Waals surface area (Å²) in [7, 11) is 0. The molecule has 1 aliphatic heterocycles. The van der Waals surface area contributed by atoms with Gasteiger partial charge >= 0.3 is 0 Å². The molecule has 124 valence electrons. The van der Waals surface area contributed by atoms with E-state index in [-0.39, 0.29) is 12.4 Å². The highest BCUT2D eigenvalue weighted by Crippen LogP contribution is 2.32. The fourth-order valence-corrected chi connectivity index (χ4v) is 3.71. The van der Waals surface area contributed by atoms with Gasteiger partial charge in [-0.05, 0) is 18.2 Å². The van der Waals surface area contributed by atoms with E-state index in [0.29, 0.717) is 41.9 Å². The molecule has 0 spiro atoms. The van der Waals surface area contributed by atoms with Crippen LogP contribution in [0.3, 0.4) is 0 Å². The van der Waals surface area contributed by atoms with Crippen molar-refractivity contribution in [2.75, 3.05) is 37.6 Å². The average molecular weight is 407 g/mol. The van der Waals surface area contributed by atoms with Gasteiger partial charge < -0.3 is 4.90 Å². The number of aromatic nitrogens is 2.